The summed E-state index contributed by atoms with van der Waals surface area (Å²) in [4.78, 5) is 15.9. The van der Waals surface area contributed by atoms with E-state index in [-0.39, 0.29) is 5.91 Å². The molecular formula is C16H21N3O2. The van der Waals surface area contributed by atoms with Crippen LogP contribution in [0.1, 0.15) is 19.5 Å². The van der Waals surface area contributed by atoms with Crippen molar-refractivity contribution < 1.29 is 9.53 Å². The molecule has 0 unspecified atom stereocenters. The highest BCUT2D eigenvalue weighted by Crippen LogP contribution is 2.23. The van der Waals surface area contributed by atoms with Crippen molar-refractivity contribution in [2.75, 3.05) is 13.7 Å². The van der Waals surface area contributed by atoms with Crippen LogP contribution in [0.4, 0.5) is 0 Å². The average Bonchev–Trinajstić information content (AvgIpc) is 2.46. The van der Waals surface area contributed by atoms with Gasteiger partial charge in [-0.3, -0.25) is 4.79 Å². The number of amides is 1. The predicted octanol–water partition coefficient (Wildman–Crippen LogP) is 1.84. The van der Waals surface area contributed by atoms with E-state index in [1.807, 2.05) is 44.2 Å². The molecule has 5 heteroatoms. The number of methoxy groups -OCH3 is 1. The molecule has 0 aliphatic heterocycles. The van der Waals surface area contributed by atoms with Crippen LogP contribution < -0.4 is 15.8 Å². The number of carbonyl (C=O) groups is 1. The number of nitrogens with two attached hydrogens (primary N) is 1. The van der Waals surface area contributed by atoms with Gasteiger partial charge in [0.15, 0.2) is 0 Å². The van der Waals surface area contributed by atoms with Gasteiger partial charge in [0, 0.05) is 18.5 Å². The Kier molecular flexibility index (Phi) is 4.43. The van der Waals surface area contributed by atoms with Crippen LogP contribution in [0, 0.1) is 5.41 Å². The van der Waals surface area contributed by atoms with Crippen molar-refractivity contribution in [2.45, 2.75) is 20.4 Å². The van der Waals surface area contributed by atoms with Gasteiger partial charge in [-0.15, -0.1) is 0 Å². The molecule has 0 bridgehead atoms. The molecule has 0 saturated heterocycles. The first-order valence-electron chi connectivity index (χ1n) is 6.87. The van der Waals surface area contributed by atoms with E-state index in [4.69, 9.17) is 10.5 Å². The summed E-state index contributed by atoms with van der Waals surface area (Å²) in [6, 6.07) is 9.81. The van der Waals surface area contributed by atoms with Gasteiger partial charge in [0.2, 0.25) is 5.91 Å². The Balaban J connectivity index is 2.11. The number of fused-ring (bicyclic) bond motifs is 1. The molecule has 2 aromatic rings. The summed E-state index contributed by atoms with van der Waals surface area (Å²) in [7, 11) is 1.64. The molecule has 0 aliphatic rings. The molecule has 1 aromatic carbocycles. The zero-order chi connectivity index (χ0) is 15.5. The minimum absolute atomic E-state index is 0.317. The van der Waals surface area contributed by atoms with Crippen LogP contribution in [0.5, 0.6) is 5.75 Å². The number of benzene rings is 1. The van der Waals surface area contributed by atoms with E-state index in [0.717, 1.165) is 22.3 Å². The molecule has 2 rings (SSSR count). The lowest BCUT2D eigenvalue weighted by Crippen LogP contribution is -2.40. The number of nitrogens with zero attached hydrogens (tertiary/aromatic N) is 1. The van der Waals surface area contributed by atoms with Crippen LogP contribution in [0.2, 0.25) is 0 Å². The topological polar surface area (TPSA) is 77.2 Å². The van der Waals surface area contributed by atoms with Crippen LogP contribution in [0.3, 0.4) is 0 Å². The quantitative estimate of drug-likeness (QED) is 0.850. The van der Waals surface area contributed by atoms with Crippen molar-refractivity contribution in [2.24, 2.45) is 11.1 Å². The van der Waals surface area contributed by atoms with E-state index >= 15 is 0 Å². The standard InChI is InChI=1S/C16H21N3O2/c1-16(2,15(17)20)10-18-9-12-8-7-11-5-4-6-13(21-3)14(11)19-12/h4-8,18H,9-10H2,1-3H3,(H2,17,20). The summed E-state index contributed by atoms with van der Waals surface area (Å²) >= 11 is 0. The second kappa shape index (κ2) is 6.10. The van der Waals surface area contributed by atoms with E-state index in [1.54, 1.807) is 7.11 Å². The molecule has 3 N–H and O–H groups in total. The maximum atomic E-state index is 11.3. The number of pyridine rings is 1. The second-order valence-electron chi connectivity index (χ2n) is 5.69. The Morgan fingerprint density at radius 2 is 2.10 bits per heavy atom. The Morgan fingerprint density at radius 1 is 1.33 bits per heavy atom. The third-order valence-electron chi connectivity index (χ3n) is 3.50. The molecule has 0 spiro atoms. The highest BCUT2D eigenvalue weighted by atomic mass is 16.5. The first-order chi connectivity index (χ1) is 9.94. The fourth-order valence-electron chi connectivity index (χ4n) is 2.01. The first-order valence-corrected chi connectivity index (χ1v) is 6.87. The summed E-state index contributed by atoms with van der Waals surface area (Å²) in [5, 5.41) is 4.26. The summed E-state index contributed by atoms with van der Waals surface area (Å²) in [5.41, 5.74) is 6.51. The summed E-state index contributed by atoms with van der Waals surface area (Å²) in [5.74, 6) is 0.440. The van der Waals surface area contributed by atoms with Gasteiger partial charge in [0.05, 0.1) is 18.2 Å². The number of ether oxygens (including phenoxy) is 1. The lowest BCUT2D eigenvalue weighted by Gasteiger charge is -2.20. The summed E-state index contributed by atoms with van der Waals surface area (Å²) in [6.07, 6.45) is 0. The zero-order valence-corrected chi connectivity index (χ0v) is 12.6. The van der Waals surface area contributed by atoms with Gasteiger partial charge >= 0.3 is 0 Å². The number of aromatic nitrogens is 1. The Labute approximate surface area is 124 Å². The number of hydrogen-bond donors (Lipinski definition) is 2. The van der Waals surface area contributed by atoms with Gasteiger partial charge in [-0.05, 0) is 26.0 Å². The van der Waals surface area contributed by atoms with Crippen LogP contribution in [0.25, 0.3) is 10.9 Å². The molecule has 1 amide bonds. The minimum Gasteiger partial charge on any atom is -0.494 e. The molecule has 0 radical (unpaired) electrons. The summed E-state index contributed by atoms with van der Waals surface area (Å²) < 4.78 is 5.33. The van der Waals surface area contributed by atoms with Gasteiger partial charge in [0.1, 0.15) is 11.3 Å². The maximum Gasteiger partial charge on any atom is 0.224 e. The van der Waals surface area contributed by atoms with Crippen molar-refractivity contribution in [3.05, 3.63) is 36.0 Å². The largest absolute Gasteiger partial charge is 0.494 e. The van der Waals surface area contributed by atoms with Gasteiger partial charge in [-0.1, -0.05) is 18.2 Å². The van der Waals surface area contributed by atoms with Gasteiger partial charge in [-0.25, -0.2) is 4.98 Å². The van der Waals surface area contributed by atoms with Crippen molar-refractivity contribution in [3.63, 3.8) is 0 Å². The molecule has 112 valence electrons. The number of nitrogens with one attached hydrogen (secondary N) is 1. The maximum absolute atomic E-state index is 11.3. The normalized spacial score (nSPS) is 11.6. The van der Waals surface area contributed by atoms with Crippen LogP contribution in [-0.2, 0) is 11.3 Å². The number of primary amides is 1. The van der Waals surface area contributed by atoms with Crippen LogP contribution in [0.15, 0.2) is 30.3 Å². The van der Waals surface area contributed by atoms with E-state index < -0.39 is 5.41 Å². The molecule has 21 heavy (non-hydrogen) atoms. The molecule has 1 aromatic heterocycles. The lowest BCUT2D eigenvalue weighted by atomic mass is 9.93. The molecule has 5 nitrogen and oxygen atoms in total. The Morgan fingerprint density at radius 3 is 2.76 bits per heavy atom. The molecule has 0 fully saturated rings. The van der Waals surface area contributed by atoms with Crippen molar-refractivity contribution in [1.29, 1.82) is 0 Å². The third-order valence-corrected chi connectivity index (χ3v) is 3.50. The van der Waals surface area contributed by atoms with E-state index in [9.17, 15) is 4.79 Å². The van der Waals surface area contributed by atoms with Crippen molar-refractivity contribution in [1.82, 2.24) is 10.3 Å². The van der Waals surface area contributed by atoms with Crippen LogP contribution in [-0.4, -0.2) is 24.5 Å². The average molecular weight is 287 g/mol. The molecule has 0 saturated carbocycles. The number of carbonyl (C=O) groups excluding carboxylic acids is 1. The zero-order valence-electron chi connectivity index (χ0n) is 12.6. The van der Waals surface area contributed by atoms with E-state index in [1.165, 1.54) is 0 Å². The van der Waals surface area contributed by atoms with Crippen LogP contribution >= 0.6 is 0 Å². The Hall–Kier alpha value is -2.14. The molecular weight excluding hydrogens is 266 g/mol. The number of rotatable bonds is 6. The summed E-state index contributed by atoms with van der Waals surface area (Å²) in [6.45, 7) is 4.72. The fraction of sp³-hybridized carbons (Fsp3) is 0.375. The monoisotopic (exact) mass is 287 g/mol. The second-order valence-corrected chi connectivity index (χ2v) is 5.69. The highest BCUT2D eigenvalue weighted by Gasteiger charge is 2.24. The van der Waals surface area contributed by atoms with Crippen molar-refractivity contribution >= 4 is 16.8 Å². The fourth-order valence-corrected chi connectivity index (χ4v) is 2.01. The number of hydrogen-bond acceptors (Lipinski definition) is 4. The third kappa shape index (κ3) is 3.49. The lowest BCUT2D eigenvalue weighted by molar-refractivity contribution is -0.125. The Bertz CT molecular complexity index is 653. The van der Waals surface area contributed by atoms with E-state index in [2.05, 4.69) is 10.3 Å². The van der Waals surface area contributed by atoms with Gasteiger partial charge in [0.25, 0.3) is 0 Å². The predicted molar refractivity (Wildman–Crippen MR) is 83.0 cm³/mol. The molecule has 0 atom stereocenters. The minimum atomic E-state index is -0.575. The highest BCUT2D eigenvalue weighted by molar-refractivity contribution is 5.84. The molecule has 1 heterocycles. The molecule has 0 aliphatic carbocycles. The number of para-hydroxylation sites is 1. The van der Waals surface area contributed by atoms with Gasteiger partial charge in [-0.2, -0.15) is 0 Å². The smallest absolute Gasteiger partial charge is 0.224 e. The van der Waals surface area contributed by atoms with E-state index in [0.29, 0.717) is 13.1 Å². The SMILES string of the molecule is COc1cccc2ccc(CNCC(C)(C)C(N)=O)nc12. The first kappa shape index (κ1) is 15.3. The van der Waals surface area contributed by atoms with Crippen molar-refractivity contribution in [3.8, 4) is 5.75 Å². The van der Waals surface area contributed by atoms with Gasteiger partial charge < -0.3 is 15.8 Å².